The topological polar surface area (TPSA) is 99.1 Å². The van der Waals surface area contributed by atoms with Crippen molar-refractivity contribution in [2.24, 2.45) is 7.05 Å². The molecule has 0 unspecified atom stereocenters. The molecule has 0 aliphatic rings. The molecule has 0 spiro atoms. The molecule has 2 heterocycles. The third-order valence-corrected chi connectivity index (χ3v) is 2.43. The predicted molar refractivity (Wildman–Crippen MR) is 69.2 cm³/mol. The van der Waals surface area contributed by atoms with Crippen molar-refractivity contribution in [1.29, 1.82) is 0 Å². The fourth-order valence-corrected chi connectivity index (χ4v) is 1.58. The van der Waals surface area contributed by atoms with Crippen LogP contribution in [0.5, 0.6) is 6.01 Å². The highest BCUT2D eigenvalue weighted by Gasteiger charge is 2.14. The van der Waals surface area contributed by atoms with Crippen LogP contribution in [0.15, 0.2) is 23.1 Å². The first-order chi connectivity index (χ1) is 9.61. The van der Waals surface area contributed by atoms with E-state index in [4.69, 9.17) is 9.47 Å². The summed E-state index contributed by atoms with van der Waals surface area (Å²) in [6, 6.07) is 3.32. The van der Waals surface area contributed by atoms with Gasteiger partial charge in [-0.3, -0.25) is 4.79 Å². The Morgan fingerprint density at radius 1 is 1.50 bits per heavy atom. The molecule has 0 aliphatic carbocycles. The lowest BCUT2D eigenvalue weighted by molar-refractivity contribution is -0.145. The quantitative estimate of drug-likeness (QED) is 0.779. The van der Waals surface area contributed by atoms with Crippen LogP contribution in [-0.2, 0) is 16.6 Å². The van der Waals surface area contributed by atoms with Gasteiger partial charge in [0.05, 0.1) is 12.2 Å². The number of hydrogen-bond donors (Lipinski definition) is 1. The zero-order valence-corrected chi connectivity index (χ0v) is 11.1. The Hall–Kier alpha value is -2.64. The van der Waals surface area contributed by atoms with Crippen LogP contribution in [-0.4, -0.2) is 38.9 Å². The predicted octanol–water partition coefficient (Wildman–Crippen LogP) is 0.112. The monoisotopic (exact) mass is 278 g/mol. The van der Waals surface area contributed by atoms with Crippen LogP contribution in [0.1, 0.15) is 6.92 Å². The van der Waals surface area contributed by atoms with E-state index in [9.17, 15) is 9.59 Å². The SMILES string of the molecule is CCOC(=O)COc1nc(-c2ccc[nH]c2=O)n(C)n1. The maximum absolute atomic E-state index is 11.7. The maximum Gasteiger partial charge on any atom is 0.344 e. The van der Waals surface area contributed by atoms with E-state index in [1.807, 2.05) is 0 Å². The smallest absolute Gasteiger partial charge is 0.344 e. The molecule has 0 aliphatic heterocycles. The van der Waals surface area contributed by atoms with Gasteiger partial charge in [0.2, 0.25) is 0 Å². The summed E-state index contributed by atoms with van der Waals surface area (Å²) < 4.78 is 11.2. The number of nitrogens with one attached hydrogen (secondary N) is 1. The van der Waals surface area contributed by atoms with Gasteiger partial charge in [0.15, 0.2) is 12.4 Å². The molecular weight excluding hydrogens is 264 g/mol. The van der Waals surface area contributed by atoms with Crippen LogP contribution in [0, 0.1) is 0 Å². The molecular formula is C12H14N4O4. The number of hydrogen-bond acceptors (Lipinski definition) is 6. The molecule has 2 rings (SSSR count). The normalized spacial score (nSPS) is 10.3. The summed E-state index contributed by atoms with van der Waals surface area (Å²) in [5, 5.41) is 3.98. The van der Waals surface area contributed by atoms with E-state index in [0.29, 0.717) is 11.4 Å². The van der Waals surface area contributed by atoms with Gasteiger partial charge >= 0.3 is 12.0 Å². The first-order valence-electron chi connectivity index (χ1n) is 5.99. The Morgan fingerprint density at radius 3 is 3.00 bits per heavy atom. The highest BCUT2D eigenvalue weighted by atomic mass is 16.6. The number of carbonyl (C=O) groups excluding carboxylic acids is 1. The molecule has 0 bridgehead atoms. The standard InChI is InChI=1S/C12H14N4O4/c1-3-19-9(17)7-20-12-14-10(16(2)15-12)8-5-4-6-13-11(8)18/h4-6H,3,7H2,1-2H3,(H,13,18). The molecule has 2 aromatic heterocycles. The Labute approximate surface area is 114 Å². The highest BCUT2D eigenvalue weighted by Crippen LogP contribution is 2.14. The number of aryl methyl sites for hydroxylation is 1. The molecule has 0 fully saturated rings. The third-order valence-electron chi connectivity index (χ3n) is 2.43. The van der Waals surface area contributed by atoms with E-state index in [0.717, 1.165) is 0 Å². The Bertz CT molecular complexity index is 661. The number of nitrogens with zero attached hydrogens (tertiary/aromatic N) is 3. The summed E-state index contributed by atoms with van der Waals surface area (Å²) in [4.78, 5) is 29.5. The molecule has 2 aromatic rings. The number of esters is 1. The first-order valence-corrected chi connectivity index (χ1v) is 5.99. The molecule has 8 heteroatoms. The number of aromatic nitrogens is 4. The van der Waals surface area contributed by atoms with Gasteiger partial charge in [0.1, 0.15) is 0 Å². The van der Waals surface area contributed by atoms with Gasteiger partial charge in [0.25, 0.3) is 5.56 Å². The molecule has 0 saturated heterocycles. The molecule has 8 nitrogen and oxygen atoms in total. The fraction of sp³-hybridized carbons (Fsp3) is 0.333. The van der Waals surface area contributed by atoms with Gasteiger partial charge in [-0.1, -0.05) is 0 Å². The lowest BCUT2D eigenvalue weighted by Crippen LogP contribution is -2.15. The Morgan fingerprint density at radius 2 is 2.30 bits per heavy atom. The summed E-state index contributed by atoms with van der Waals surface area (Å²) in [7, 11) is 1.63. The molecule has 0 aromatic carbocycles. The lowest BCUT2D eigenvalue weighted by atomic mass is 10.2. The van der Waals surface area contributed by atoms with Gasteiger partial charge in [0, 0.05) is 13.2 Å². The minimum Gasteiger partial charge on any atom is -0.463 e. The average Bonchev–Trinajstić information content (AvgIpc) is 2.79. The van der Waals surface area contributed by atoms with Crippen LogP contribution in [0.4, 0.5) is 0 Å². The van der Waals surface area contributed by atoms with Gasteiger partial charge < -0.3 is 14.5 Å². The van der Waals surface area contributed by atoms with E-state index in [2.05, 4.69) is 15.1 Å². The third kappa shape index (κ3) is 3.02. The van der Waals surface area contributed by atoms with Crippen molar-refractivity contribution < 1.29 is 14.3 Å². The number of pyridine rings is 1. The van der Waals surface area contributed by atoms with Crippen molar-refractivity contribution in [3.05, 3.63) is 28.7 Å². The lowest BCUT2D eigenvalue weighted by Gasteiger charge is -2.00. The van der Waals surface area contributed by atoms with Crippen molar-refractivity contribution in [2.45, 2.75) is 6.92 Å². The zero-order chi connectivity index (χ0) is 14.5. The summed E-state index contributed by atoms with van der Waals surface area (Å²) >= 11 is 0. The summed E-state index contributed by atoms with van der Waals surface area (Å²) in [5.41, 5.74) is 0.0911. The van der Waals surface area contributed by atoms with E-state index >= 15 is 0 Å². The average molecular weight is 278 g/mol. The zero-order valence-electron chi connectivity index (χ0n) is 11.1. The molecule has 0 atom stereocenters. The minimum absolute atomic E-state index is 0.0128. The second kappa shape index (κ2) is 6.00. The van der Waals surface area contributed by atoms with Gasteiger partial charge in [-0.25, -0.2) is 9.48 Å². The van der Waals surface area contributed by atoms with Crippen LogP contribution in [0.3, 0.4) is 0 Å². The van der Waals surface area contributed by atoms with Crippen molar-refractivity contribution >= 4 is 5.97 Å². The number of ether oxygens (including phenoxy) is 2. The summed E-state index contributed by atoms with van der Waals surface area (Å²) in [6.45, 7) is 1.71. The number of H-pyrrole nitrogens is 1. The van der Waals surface area contributed by atoms with Crippen molar-refractivity contribution in [1.82, 2.24) is 19.7 Å². The Balaban J connectivity index is 2.16. The fourth-order valence-electron chi connectivity index (χ4n) is 1.58. The van der Waals surface area contributed by atoms with E-state index in [-0.39, 0.29) is 24.8 Å². The largest absolute Gasteiger partial charge is 0.463 e. The Kier molecular flexibility index (Phi) is 4.14. The molecule has 1 N–H and O–H groups in total. The van der Waals surface area contributed by atoms with Crippen molar-refractivity contribution in [3.8, 4) is 17.4 Å². The second-order valence-electron chi connectivity index (χ2n) is 3.85. The molecule has 0 radical (unpaired) electrons. The van der Waals surface area contributed by atoms with Crippen molar-refractivity contribution in [3.63, 3.8) is 0 Å². The highest BCUT2D eigenvalue weighted by molar-refractivity contribution is 5.70. The first kappa shape index (κ1) is 13.8. The minimum atomic E-state index is -0.501. The van der Waals surface area contributed by atoms with Crippen LogP contribution < -0.4 is 10.3 Å². The van der Waals surface area contributed by atoms with Gasteiger partial charge in [-0.2, -0.15) is 4.98 Å². The van der Waals surface area contributed by atoms with E-state index in [1.165, 1.54) is 10.9 Å². The van der Waals surface area contributed by atoms with Crippen LogP contribution in [0.25, 0.3) is 11.4 Å². The maximum atomic E-state index is 11.7. The van der Waals surface area contributed by atoms with Gasteiger partial charge in [-0.05, 0) is 19.1 Å². The van der Waals surface area contributed by atoms with E-state index in [1.54, 1.807) is 26.1 Å². The number of carbonyl (C=O) groups is 1. The summed E-state index contributed by atoms with van der Waals surface area (Å²) in [5.74, 6) is -0.148. The second-order valence-corrected chi connectivity index (χ2v) is 3.85. The van der Waals surface area contributed by atoms with Crippen LogP contribution in [0.2, 0.25) is 0 Å². The number of aromatic amines is 1. The van der Waals surface area contributed by atoms with Gasteiger partial charge in [-0.15, -0.1) is 5.10 Å². The molecule has 106 valence electrons. The van der Waals surface area contributed by atoms with E-state index < -0.39 is 5.97 Å². The van der Waals surface area contributed by atoms with Crippen molar-refractivity contribution in [2.75, 3.05) is 13.2 Å². The van der Waals surface area contributed by atoms with Crippen LogP contribution >= 0.6 is 0 Å². The summed E-state index contributed by atoms with van der Waals surface area (Å²) in [6.07, 6.45) is 1.53. The molecule has 0 amide bonds. The molecule has 20 heavy (non-hydrogen) atoms. The molecule has 0 saturated carbocycles. The number of rotatable bonds is 5.